The first-order chi connectivity index (χ1) is 18.8. The molecule has 6 unspecified atom stereocenters. The van der Waals surface area contributed by atoms with Crippen molar-refractivity contribution in [3.05, 3.63) is 53.1 Å². The summed E-state index contributed by atoms with van der Waals surface area (Å²) in [6.45, 7) is 0.662. The number of phenolic OH excluding ortho intramolecular Hbond substituents is 2. The SMILES string of the molecule is COc1ccc(/C=C/C(=O)OC2CC34CCNC35CC(OC5(OC)C2OC)c2ccc(OC)c(O)c24)cc1O. The minimum atomic E-state index is -1.28. The topological polar surface area (TPSA) is 125 Å². The minimum Gasteiger partial charge on any atom is -0.504 e. The standard InChI is InChI=1S/C29H33NO9/c1-34-19-8-5-16(13-18(19)31)6-10-23(32)38-22-14-27-11-12-30-28(27)15-21(39-29(28,37-4)26(22)36-3)17-7-9-20(35-2)25(33)24(17)27/h5-10,13,21-22,26,30-31,33H,11-12,14-15H2,1-4H3/b10-6+. The molecule has 208 valence electrons. The van der Waals surface area contributed by atoms with Crippen LogP contribution in [0.15, 0.2) is 36.4 Å². The Kier molecular flexibility index (Phi) is 6.07. The van der Waals surface area contributed by atoms with Gasteiger partial charge in [0.25, 0.3) is 0 Å². The Hall–Kier alpha value is -3.31. The highest BCUT2D eigenvalue weighted by molar-refractivity contribution is 5.87. The molecule has 39 heavy (non-hydrogen) atoms. The number of methoxy groups -OCH3 is 4. The minimum absolute atomic E-state index is 0.0333. The zero-order valence-electron chi connectivity index (χ0n) is 22.4. The van der Waals surface area contributed by atoms with E-state index in [1.165, 1.54) is 26.4 Å². The number of carbonyl (C=O) groups excluding carboxylic acids is 1. The predicted molar refractivity (Wildman–Crippen MR) is 139 cm³/mol. The third-order valence-electron chi connectivity index (χ3n) is 9.12. The Balaban J connectivity index is 1.39. The summed E-state index contributed by atoms with van der Waals surface area (Å²) in [6, 6.07) is 8.52. The van der Waals surface area contributed by atoms with Crippen LogP contribution < -0.4 is 14.8 Å². The molecule has 1 spiro atoms. The summed E-state index contributed by atoms with van der Waals surface area (Å²) >= 11 is 0. The fourth-order valence-corrected chi connectivity index (χ4v) is 7.70. The van der Waals surface area contributed by atoms with Crippen LogP contribution in [-0.4, -0.2) is 74.7 Å². The van der Waals surface area contributed by atoms with E-state index in [2.05, 4.69) is 5.32 Å². The number of nitrogens with one attached hydrogen (secondary N) is 1. The van der Waals surface area contributed by atoms with E-state index in [1.54, 1.807) is 38.5 Å². The summed E-state index contributed by atoms with van der Waals surface area (Å²) in [7, 11) is 6.13. The van der Waals surface area contributed by atoms with Crippen molar-refractivity contribution in [1.82, 2.24) is 5.32 Å². The lowest BCUT2D eigenvalue weighted by molar-refractivity contribution is -0.328. The van der Waals surface area contributed by atoms with Crippen LogP contribution in [0.2, 0.25) is 0 Å². The maximum absolute atomic E-state index is 13.1. The number of fused-ring (bicyclic) bond motifs is 3. The van der Waals surface area contributed by atoms with E-state index in [0.717, 1.165) is 11.1 Å². The van der Waals surface area contributed by atoms with Gasteiger partial charge >= 0.3 is 5.97 Å². The van der Waals surface area contributed by atoms with Gasteiger partial charge in [0.2, 0.25) is 5.79 Å². The zero-order valence-corrected chi connectivity index (χ0v) is 22.4. The molecule has 2 bridgehead atoms. The first kappa shape index (κ1) is 25.9. The lowest BCUT2D eigenvalue weighted by Gasteiger charge is -2.59. The van der Waals surface area contributed by atoms with Crippen LogP contribution in [0.5, 0.6) is 23.0 Å². The predicted octanol–water partition coefficient (Wildman–Crippen LogP) is 2.95. The van der Waals surface area contributed by atoms with Crippen molar-refractivity contribution in [2.45, 2.75) is 54.3 Å². The smallest absolute Gasteiger partial charge is 0.331 e. The molecular formula is C29H33NO9. The first-order valence-electron chi connectivity index (χ1n) is 13.0. The number of carbonyl (C=O) groups is 1. The molecule has 0 amide bonds. The molecule has 6 rings (SSSR count). The van der Waals surface area contributed by atoms with Gasteiger partial charge in [0.05, 0.1) is 25.9 Å². The van der Waals surface area contributed by atoms with E-state index in [0.29, 0.717) is 42.9 Å². The van der Waals surface area contributed by atoms with Crippen molar-refractivity contribution in [3.8, 4) is 23.0 Å². The van der Waals surface area contributed by atoms with Crippen molar-refractivity contribution < 1.29 is 43.4 Å². The van der Waals surface area contributed by atoms with Crippen LogP contribution in [0.4, 0.5) is 0 Å². The molecule has 2 saturated heterocycles. The summed E-state index contributed by atoms with van der Waals surface area (Å²) in [5, 5.41) is 25.2. The van der Waals surface area contributed by atoms with E-state index >= 15 is 0 Å². The van der Waals surface area contributed by atoms with Crippen LogP contribution in [0.3, 0.4) is 0 Å². The fraction of sp³-hybridized carbons (Fsp3) is 0.483. The Morgan fingerprint density at radius 3 is 2.54 bits per heavy atom. The van der Waals surface area contributed by atoms with Crippen LogP contribution >= 0.6 is 0 Å². The number of benzene rings is 2. The average molecular weight is 540 g/mol. The maximum Gasteiger partial charge on any atom is 0.331 e. The van der Waals surface area contributed by atoms with Crippen LogP contribution in [0.25, 0.3) is 6.08 Å². The lowest BCUT2D eigenvalue weighted by atomic mass is 9.50. The highest BCUT2D eigenvalue weighted by atomic mass is 16.7. The largest absolute Gasteiger partial charge is 0.504 e. The number of esters is 1. The van der Waals surface area contributed by atoms with Gasteiger partial charge in [-0.1, -0.05) is 12.1 Å². The van der Waals surface area contributed by atoms with E-state index in [-0.39, 0.29) is 17.6 Å². The molecule has 0 aromatic heterocycles. The normalized spacial score (nSPS) is 34.0. The highest BCUT2D eigenvalue weighted by Gasteiger charge is 2.81. The van der Waals surface area contributed by atoms with Gasteiger partial charge in [-0.05, 0) is 54.8 Å². The fourth-order valence-electron chi connectivity index (χ4n) is 7.70. The number of hydrogen-bond donors (Lipinski definition) is 3. The van der Waals surface area contributed by atoms with Gasteiger partial charge in [-0.15, -0.1) is 0 Å². The molecule has 2 aromatic rings. The highest BCUT2D eigenvalue weighted by Crippen LogP contribution is 2.71. The second kappa shape index (κ2) is 9.12. The third kappa shape index (κ3) is 3.32. The molecule has 1 saturated carbocycles. The molecule has 10 nitrogen and oxygen atoms in total. The number of hydrogen-bond acceptors (Lipinski definition) is 10. The second-order valence-electron chi connectivity index (χ2n) is 10.5. The van der Waals surface area contributed by atoms with E-state index in [9.17, 15) is 15.0 Å². The quantitative estimate of drug-likeness (QED) is 0.357. The number of phenols is 2. The van der Waals surface area contributed by atoms with Gasteiger partial charge in [-0.25, -0.2) is 4.79 Å². The van der Waals surface area contributed by atoms with E-state index < -0.39 is 34.9 Å². The van der Waals surface area contributed by atoms with Gasteiger partial charge in [-0.3, -0.25) is 0 Å². The molecule has 2 heterocycles. The van der Waals surface area contributed by atoms with Crippen molar-refractivity contribution in [2.75, 3.05) is 35.0 Å². The Morgan fingerprint density at radius 1 is 1.08 bits per heavy atom. The van der Waals surface area contributed by atoms with Crippen molar-refractivity contribution in [2.24, 2.45) is 0 Å². The summed E-state index contributed by atoms with van der Waals surface area (Å²) in [5.41, 5.74) is 0.854. The Morgan fingerprint density at radius 2 is 1.85 bits per heavy atom. The van der Waals surface area contributed by atoms with Crippen molar-refractivity contribution in [1.29, 1.82) is 0 Å². The van der Waals surface area contributed by atoms with Crippen LogP contribution in [-0.2, 0) is 29.2 Å². The number of rotatable bonds is 7. The van der Waals surface area contributed by atoms with Crippen LogP contribution in [0, 0.1) is 0 Å². The molecule has 10 heteroatoms. The van der Waals surface area contributed by atoms with Gasteiger partial charge < -0.3 is 44.0 Å². The average Bonchev–Trinajstić information content (AvgIpc) is 3.48. The maximum atomic E-state index is 13.1. The summed E-state index contributed by atoms with van der Waals surface area (Å²) < 4.78 is 35.5. The number of ether oxygens (including phenoxy) is 6. The third-order valence-corrected chi connectivity index (χ3v) is 9.12. The lowest BCUT2D eigenvalue weighted by Crippen LogP contribution is -2.78. The molecule has 3 fully saturated rings. The molecular weight excluding hydrogens is 506 g/mol. The van der Waals surface area contributed by atoms with Gasteiger partial charge in [0, 0.05) is 37.7 Å². The molecule has 3 N–H and O–H groups in total. The summed E-state index contributed by atoms with van der Waals surface area (Å²) in [5.74, 6) is -1.11. The van der Waals surface area contributed by atoms with E-state index in [4.69, 9.17) is 28.4 Å². The van der Waals surface area contributed by atoms with Crippen molar-refractivity contribution >= 4 is 12.0 Å². The van der Waals surface area contributed by atoms with E-state index in [1.807, 2.05) is 6.07 Å². The van der Waals surface area contributed by atoms with Crippen LogP contribution in [0.1, 0.15) is 42.1 Å². The molecule has 2 aliphatic heterocycles. The zero-order chi connectivity index (χ0) is 27.6. The summed E-state index contributed by atoms with van der Waals surface area (Å²) in [4.78, 5) is 13.1. The Bertz CT molecular complexity index is 1340. The Labute approximate surface area is 226 Å². The van der Waals surface area contributed by atoms with Gasteiger partial charge in [0.15, 0.2) is 23.0 Å². The van der Waals surface area contributed by atoms with Gasteiger partial charge in [0.1, 0.15) is 12.2 Å². The molecule has 2 aromatic carbocycles. The van der Waals surface area contributed by atoms with Gasteiger partial charge in [-0.2, -0.15) is 0 Å². The summed E-state index contributed by atoms with van der Waals surface area (Å²) in [6.07, 6.45) is 2.70. The molecule has 0 radical (unpaired) electrons. The van der Waals surface area contributed by atoms with Crippen molar-refractivity contribution in [3.63, 3.8) is 0 Å². The molecule has 4 aliphatic rings. The molecule has 2 aliphatic carbocycles. The number of aromatic hydroxyl groups is 2. The first-order valence-corrected chi connectivity index (χ1v) is 13.0. The molecule has 6 atom stereocenters. The second-order valence-corrected chi connectivity index (χ2v) is 10.5. The monoisotopic (exact) mass is 539 g/mol.